The first kappa shape index (κ1) is 51.7. The van der Waals surface area contributed by atoms with Gasteiger partial charge >= 0.3 is 46.6 Å². The first-order chi connectivity index (χ1) is 0. The van der Waals surface area contributed by atoms with E-state index in [9.17, 15) is 0 Å². The molecule has 0 bridgehead atoms. The number of hydrogen-bond donors (Lipinski definition) is 0. The van der Waals surface area contributed by atoms with E-state index in [2.05, 4.69) is 0 Å². The molecule has 0 aliphatic rings. The summed E-state index contributed by atoms with van der Waals surface area (Å²) in [6.45, 7) is 0. The standard InChI is InChI=1S/Mn.Na.2O/q+2;+1;2*-2. The third-order valence-corrected chi connectivity index (χ3v) is 0. The number of hydrogen-bond acceptors (Lipinski definition) is 0. The smallest absolute Gasteiger partial charge is 2.00 e. The topological polar surface area (TPSA) is 57.0 Å². The van der Waals surface area contributed by atoms with Gasteiger partial charge in [-0.2, -0.15) is 0 Å². The van der Waals surface area contributed by atoms with E-state index >= 15 is 0 Å². The molecule has 0 unspecified atom stereocenters. The molecule has 0 saturated heterocycles. The third-order valence-electron chi connectivity index (χ3n) is 0. The Bertz CT molecular complexity index is 6.00. The van der Waals surface area contributed by atoms with Crippen molar-refractivity contribution in [2.75, 3.05) is 0 Å². The van der Waals surface area contributed by atoms with Gasteiger partial charge in [-0.1, -0.05) is 0 Å². The summed E-state index contributed by atoms with van der Waals surface area (Å²) in [7, 11) is 0. The molecule has 21 valence electrons. The van der Waals surface area contributed by atoms with Gasteiger partial charge in [0.15, 0.2) is 0 Å². The minimum absolute atomic E-state index is 0. The summed E-state index contributed by atoms with van der Waals surface area (Å²) < 4.78 is 0. The molecule has 0 N–H and O–H groups in total. The molecule has 2 nitrogen and oxygen atoms in total. The molecule has 0 aromatic carbocycles. The van der Waals surface area contributed by atoms with Crippen LogP contribution < -0.4 is 29.6 Å². The van der Waals surface area contributed by atoms with Crippen LogP contribution in [0.3, 0.4) is 0 Å². The molecule has 4 heavy (non-hydrogen) atoms. The molecule has 0 atom stereocenters. The summed E-state index contributed by atoms with van der Waals surface area (Å²) in [4.78, 5) is 0. The Morgan fingerprint density at radius 1 is 0.750 bits per heavy atom. The second kappa shape index (κ2) is 25.3. The molecule has 0 spiro atoms. The second-order valence-electron chi connectivity index (χ2n) is 0. The summed E-state index contributed by atoms with van der Waals surface area (Å²) in [5.74, 6) is 0. The van der Waals surface area contributed by atoms with Crippen molar-refractivity contribution in [1.29, 1.82) is 0 Å². The molecule has 0 rings (SSSR count). The molecular formula is MnNaO2-. The fourth-order valence-electron chi connectivity index (χ4n) is 0. The van der Waals surface area contributed by atoms with Gasteiger partial charge in [0.2, 0.25) is 0 Å². The summed E-state index contributed by atoms with van der Waals surface area (Å²) in [5, 5.41) is 0. The van der Waals surface area contributed by atoms with Gasteiger partial charge in [0.05, 0.1) is 0 Å². The Kier molecular flexibility index (Phi) is 328. The second-order valence-corrected chi connectivity index (χ2v) is 0. The van der Waals surface area contributed by atoms with E-state index in [1.165, 1.54) is 0 Å². The van der Waals surface area contributed by atoms with Crippen molar-refractivity contribution in [3.63, 3.8) is 0 Å². The van der Waals surface area contributed by atoms with Crippen molar-refractivity contribution in [3.8, 4) is 0 Å². The molecule has 0 heterocycles. The molecule has 4 heteroatoms. The Hall–Kier alpha value is 1.44. The average molecular weight is 110 g/mol. The fraction of sp³-hybridized carbons (Fsp3) is 0. The van der Waals surface area contributed by atoms with Gasteiger partial charge in [0.1, 0.15) is 0 Å². The molecule has 0 fully saturated rings. The minimum Gasteiger partial charge on any atom is -2.00 e. The largest absolute Gasteiger partial charge is 2.00 e. The molecule has 0 saturated carbocycles. The monoisotopic (exact) mass is 110 g/mol. The predicted molar refractivity (Wildman–Crippen MR) is 1.37 cm³/mol. The maximum Gasteiger partial charge on any atom is 2.00 e. The van der Waals surface area contributed by atoms with Crippen LogP contribution in [0.1, 0.15) is 0 Å². The Labute approximate surface area is 57.3 Å². The molecule has 0 aromatic rings. The Morgan fingerprint density at radius 3 is 0.750 bits per heavy atom. The van der Waals surface area contributed by atoms with Crippen LogP contribution in [-0.2, 0) is 28.0 Å². The summed E-state index contributed by atoms with van der Waals surface area (Å²) in [6, 6.07) is 0. The molecule has 1 radical (unpaired) electrons. The van der Waals surface area contributed by atoms with E-state index in [1.807, 2.05) is 0 Å². The molecule has 0 amide bonds. The van der Waals surface area contributed by atoms with Gasteiger partial charge < -0.3 is 11.0 Å². The van der Waals surface area contributed by atoms with Crippen LogP contribution in [0.5, 0.6) is 0 Å². The van der Waals surface area contributed by atoms with Gasteiger partial charge in [-0.25, -0.2) is 0 Å². The normalized spacial score (nSPS) is 0. The summed E-state index contributed by atoms with van der Waals surface area (Å²) in [6.07, 6.45) is 0. The third kappa shape index (κ3) is 9.88. The maximum absolute atomic E-state index is 0. The Morgan fingerprint density at radius 2 is 0.750 bits per heavy atom. The maximum atomic E-state index is 0. The van der Waals surface area contributed by atoms with Gasteiger partial charge in [-0.15, -0.1) is 0 Å². The van der Waals surface area contributed by atoms with E-state index in [0.717, 1.165) is 0 Å². The van der Waals surface area contributed by atoms with Gasteiger partial charge in [-0.3, -0.25) is 0 Å². The first-order valence-electron chi connectivity index (χ1n) is 0. The van der Waals surface area contributed by atoms with E-state index in [4.69, 9.17) is 0 Å². The van der Waals surface area contributed by atoms with Crippen molar-refractivity contribution in [1.82, 2.24) is 0 Å². The van der Waals surface area contributed by atoms with E-state index < -0.39 is 0 Å². The zero-order valence-electron chi connectivity index (χ0n) is 2.19. The predicted octanol–water partition coefficient (Wildman–Crippen LogP) is -3.24. The minimum atomic E-state index is 0. The number of rotatable bonds is 0. The molecular weight excluding hydrogens is 110 g/mol. The summed E-state index contributed by atoms with van der Waals surface area (Å²) >= 11 is 0. The SMILES string of the molecule is [Mn+2].[Na+].[O-2].[O-2]. The van der Waals surface area contributed by atoms with E-state index in [0.29, 0.717) is 0 Å². The van der Waals surface area contributed by atoms with Crippen molar-refractivity contribution >= 4 is 0 Å². The Balaban J connectivity index is 0. The van der Waals surface area contributed by atoms with Crippen LogP contribution in [0.4, 0.5) is 0 Å². The zero-order chi connectivity index (χ0) is 0. The molecule has 0 aliphatic carbocycles. The van der Waals surface area contributed by atoms with Crippen molar-refractivity contribution in [2.45, 2.75) is 0 Å². The zero-order valence-corrected chi connectivity index (χ0v) is 5.37. The van der Waals surface area contributed by atoms with Crippen LogP contribution in [0.2, 0.25) is 0 Å². The van der Waals surface area contributed by atoms with Crippen LogP contribution in [-0.4, -0.2) is 0 Å². The molecule has 0 aromatic heterocycles. The van der Waals surface area contributed by atoms with Gasteiger partial charge in [0, 0.05) is 0 Å². The van der Waals surface area contributed by atoms with E-state index in [-0.39, 0.29) is 57.6 Å². The van der Waals surface area contributed by atoms with Crippen LogP contribution in [0.15, 0.2) is 0 Å². The fourth-order valence-corrected chi connectivity index (χ4v) is 0. The van der Waals surface area contributed by atoms with Crippen molar-refractivity contribution < 1.29 is 57.6 Å². The van der Waals surface area contributed by atoms with Crippen LogP contribution in [0, 0.1) is 0 Å². The quantitative estimate of drug-likeness (QED) is 0.294. The first-order valence-corrected chi connectivity index (χ1v) is 0. The molecule has 0 aliphatic heterocycles. The van der Waals surface area contributed by atoms with Crippen LogP contribution >= 0.6 is 0 Å². The summed E-state index contributed by atoms with van der Waals surface area (Å²) in [5.41, 5.74) is 0. The van der Waals surface area contributed by atoms with Gasteiger partial charge in [0.25, 0.3) is 0 Å². The van der Waals surface area contributed by atoms with Crippen LogP contribution in [0.25, 0.3) is 0 Å². The van der Waals surface area contributed by atoms with Crippen molar-refractivity contribution in [3.05, 3.63) is 0 Å². The van der Waals surface area contributed by atoms with Gasteiger partial charge in [-0.05, 0) is 0 Å². The van der Waals surface area contributed by atoms with Crippen molar-refractivity contribution in [2.24, 2.45) is 0 Å². The van der Waals surface area contributed by atoms with E-state index in [1.54, 1.807) is 0 Å². The average Bonchev–Trinajstić information content (AvgIpc) is 0.